The van der Waals surface area contributed by atoms with Crippen LogP contribution in [-0.4, -0.2) is 23.4 Å². The first-order chi connectivity index (χ1) is 9.94. The molecule has 0 radical (unpaired) electrons. The fraction of sp³-hybridized carbons (Fsp3) is 0. The molecule has 0 atom stereocenters. The number of hydrogen-bond acceptors (Lipinski definition) is 4. The van der Waals surface area contributed by atoms with Gasteiger partial charge in [-0.1, -0.05) is 15.9 Å². The molecular formula is C12H9BrN4O3S. The van der Waals surface area contributed by atoms with Crippen LogP contribution in [0.3, 0.4) is 0 Å². The largest absolute Gasteiger partial charge is 0.323 e. The SMILES string of the molecule is O=c1[nH]c2ccc(S(=O)(=O)Nc3cc(Br)ccn3)cc2[nH]1. The quantitative estimate of drug-likeness (QED) is 0.654. The third-order valence-electron chi connectivity index (χ3n) is 2.76. The lowest BCUT2D eigenvalue weighted by Gasteiger charge is -2.07. The number of aromatic amines is 2. The highest BCUT2D eigenvalue weighted by Gasteiger charge is 2.16. The van der Waals surface area contributed by atoms with Gasteiger partial charge in [0.2, 0.25) is 0 Å². The molecule has 0 aliphatic rings. The van der Waals surface area contributed by atoms with Gasteiger partial charge in [-0.25, -0.2) is 18.2 Å². The number of imidazole rings is 1. The number of rotatable bonds is 3. The Labute approximate surface area is 127 Å². The van der Waals surface area contributed by atoms with Crippen LogP contribution in [0.1, 0.15) is 0 Å². The van der Waals surface area contributed by atoms with Crippen LogP contribution < -0.4 is 10.4 Å². The molecule has 0 aliphatic heterocycles. The van der Waals surface area contributed by atoms with Gasteiger partial charge in [-0.2, -0.15) is 0 Å². The molecule has 0 saturated carbocycles. The first kappa shape index (κ1) is 13.8. The predicted octanol–water partition coefficient (Wildman–Crippen LogP) is 1.81. The summed E-state index contributed by atoms with van der Waals surface area (Å²) in [5.41, 5.74) is 0.575. The maximum atomic E-state index is 12.3. The summed E-state index contributed by atoms with van der Waals surface area (Å²) >= 11 is 3.24. The van der Waals surface area contributed by atoms with Crippen LogP contribution in [0.4, 0.5) is 5.82 Å². The van der Waals surface area contributed by atoms with Gasteiger partial charge in [0, 0.05) is 10.7 Å². The van der Waals surface area contributed by atoms with E-state index >= 15 is 0 Å². The molecular weight excluding hydrogens is 360 g/mol. The number of pyridine rings is 1. The number of H-pyrrole nitrogens is 2. The lowest BCUT2D eigenvalue weighted by atomic mass is 10.3. The predicted molar refractivity (Wildman–Crippen MR) is 81.7 cm³/mol. The molecule has 7 nitrogen and oxygen atoms in total. The molecule has 0 saturated heterocycles. The number of benzene rings is 1. The first-order valence-corrected chi connectivity index (χ1v) is 8.08. The average Bonchev–Trinajstić information content (AvgIpc) is 2.77. The highest BCUT2D eigenvalue weighted by molar-refractivity contribution is 9.10. The van der Waals surface area contributed by atoms with E-state index in [1.165, 1.54) is 24.4 Å². The Kier molecular flexibility index (Phi) is 3.30. The van der Waals surface area contributed by atoms with Gasteiger partial charge in [-0.3, -0.25) is 4.72 Å². The van der Waals surface area contributed by atoms with Crippen molar-refractivity contribution in [3.8, 4) is 0 Å². The zero-order valence-corrected chi connectivity index (χ0v) is 12.8. The molecule has 108 valence electrons. The monoisotopic (exact) mass is 368 g/mol. The van der Waals surface area contributed by atoms with Crippen molar-refractivity contribution in [2.24, 2.45) is 0 Å². The minimum Gasteiger partial charge on any atom is -0.306 e. The van der Waals surface area contributed by atoms with Crippen LogP contribution in [0.15, 0.2) is 50.7 Å². The van der Waals surface area contributed by atoms with E-state index in [9.17, 15) is 13.2 Å². The maximum Gasteiger partial charge on any atom is 0.323 e. The molecule has 0 spiro atoms. The average molecular weight is 369 g/mol. The standard InChI is InChI=1S/C12H9BrN4O3S/c13-7-3-4-14-11(5-7)17-21(19,20)8-1-2-9-10(6-8)16-12(18)15-9/h1-6H,(H,14,17)(H2,15,16,18). The van der Waals surface area contributed by atoms with E-state index in [1.807, 2.05) is 0 Å². The number of nitrogens with one attached hydrogen (secondary N) is 3. The number of hydrogen-bond donors (Lipinski definition) is 3. The summed E-state index contributed by atoms with van der Waals surface area (Å²) in [6.07, 6.45) is 1.48. The van der Waals surface area contributed by atoms with Crippen molar-refractivity contribution < 1.29 is 8.42 Å². The van der Waals surface area contributed by atoms with Gasteiger partial charge in [0.05, 0.1) is 15.9 Å². The fourth-order valence-electron chi connectivity index (χ4n) is 1.84. The van der Waals surface area contributed by atoms with Crippen LogP contribution in [0.2, 0.25) is 0 Å². The van der Waals surface area contributed by atoms with E-state index in [4.69, 9.17) is 0 Å². The lowest BCUT2D eigenvalue weighted by molar-refractivity contribution is 0.601. The molecule has 0 fully saturated rings. The van der Waals surface area contributed by atoms with E-state index in [-0.39, 0.29) is 16.4 Å². The zero-order chi connectivity index (χ0) is 15.0. The Morgan fingerprint density at radius 2 is 1.86 bits per heavy atom. The first-order valence-electron chi connectivity index (χ1n) is 5.80. The zero-order valence-electron chi connectivity index (χ0n) is 10.4. The smallest absolute Gasteiger partial charge is 0.306 e. The number of aromatic nitrogens is 3. The third kappa shape index (κ3) is 2.83. The molecule has 0 bridgehead atoms. The molecule has 2 aromatic heterocycles. The van der Waals surface area contributed by atoms with E-state index in [2.05, 4.69) is 35.6 Å². The number of anilines is 1. The summed E-state index contributed by atoms with van der Waals surface area (Å²) in [5.74, 6) is 0.201. The second-order valence-corrected chi connectivity index (χ2v) is 6.85. The highest BCUT2D eigenvalue weighted by atomic mass is 79.9. The minimum absolute atomic E-state index is 0.0343. The van der Waals surface area contributed by atoms with Gasteiger partial charge in [0.1, 0.15) is 5.82 Å². The third-order valence-corrected chi connectivity index (χ3v) is 4.60. The van der Waals surface area contributed by atoms with E-state index < -0.39 is 10.0 Å². The Bertz CT molecular complexity index is 977. The number of sulfonamides is 1. The molecule has 21 heavy (non-hydrogen) atoms. The van der Waals surface area contributed by atoms with Crippen LogP contribution in [-0.2, 0) is 10.0 Å². The number of fused-ring (bicyclic) bond motifs is 1. The van der Waals surface area contributed by atoms with E-state index in [1.54, 1.807) is 12.1 Å². The van der Waals surface area contributed by atoms with Crippen molar-refractivity contribution in [1.29, 1.82) is 0 Å². The Hall–Kier alpha value is -2.13. The molecule has 9 heteroatoms. The summed E-state index contributed by atoms with van der Waals surface area (Å²) in [6, 6.07) is 7.55. The van der Waals surface area contributed by atoms with Crippen molar-refractivity contribution >= 4 is 42.8 Å². The number of nitrogens with zero attached hydrogens (tertiary/aromatic N) is 1. The van der Waals surface area contributed by atoms with Gasteiger partial charge in [0.25, 0.3) is 10.0 Å². The summed E-state index contributed by atoms with van der Waals surface area (Å²) in [4.78, 5) is 20.2. The molecule has 2 heterocycles. The Morgan fingerprint density at radius 3 is 2.62 bits per heavy atom. The van der Waals surface area contributed by atoms with Gasteiger partial charge >= 0.3 is 5.69 Å². The van der Waals surface area contributed by atoms with Gasteiger partial charge < -0.3 is 9.97 Å². The van der Waals surface area contributed by atoms with Gasteiger partial charge in [-0.05, 0) is 30.3 Å². The fourth-order valence-corrected chi connectivity index (χ4v) is 3.20. The normalized spacial score (nSPS) is 11.7. The molecule has 0 aliphatic carbocycles. The topological polar surface area (TPSA) is 108 Å². The van der Waals surface area contributed by atoms with Crippen LogP contribution in [0.5, 0.6) is 0 Å². The maximum absolute atomic E-state index is 12.3. The van der Waals surface area contributed by atoms with Crippen molar-refractivity contribution in [3.05, 3.63) is 51.5 Å². The van der Waals surface area contributed by atoms with Gasteiger partial charge in [0.15, 0.2) is 0 Å². The molecule has 3 N–H and O–H groups in total. The molecule has 0 unspecified atom stereocenters. The van der Waals surface area contributed by atoms with Crippen molar-refractivity contribution in [2.45, 2.75) is 4.90 Å². The van der Waals surface area contributed by atoms with Crippen molar-refractivity contribution in [2.75, 3.05) is 4.72 Å². The van der Waals surface area contributed by atoms with Crippen molar-refractivity contribution in [3.63, 3.8) is 0 Å². The molecule has 1 aromatic carbocycles. The van der Waals surface area contributed by atoms with Crippen LogP contribution in [0.25, 0.3) is 11.0 Å². The minimum atomic E-state index is -3.78. The second-order valence-electron chi connectivity index (χ2n) is 4.25. The summed E-state index contributed by atoms with van der Waals surface area (Å²) in [7, 11) is -3.78. The molecule has 3 rings (SSSR count). The summed E-state index contributed by atoms with van der Waals surface area (Å²) < 4.78 is 27.7. The Morgan fingerprint density at radius 1 is 1.10 bits per heavy atom. The van der Waals surface area contributed by atoms with Crippen LogP contribution >= 0.6 is 15.9 Å². The molecule has 0 amide bonds. The van der Waals surface area contributed by atoms with E-state index in [0.29, 0.717) is 15.5 Å². The summed E-state index contributed by atoms with van der Waals surface area (Å²) in [5, 5.41) is 0. The van der Waals surface area contributed by atoms with Crippen molar-refractivity contribution in [1.82, 2.24) is 15.0 Å². The van der Waals surface area contributed by atoms with Crippen LogP contribution in [0, 0.1) is 0 Å². The van der Waals surface area contributed by atoms with Gasteiger partial charge in [-0.15, -0.1) is 0 Å². The summed E-state index contributed by atoms with van der Waals surface area (Å²) in [6.45, 7) is 0. The lowest BCUT2D eigenvalue weighted by Crippen LogP contribution is -2.13. The second kappa shape index (κ2) is 5.01. The Balaban J connectivity index is 2.01. The highest BCUT2D eigenvalue weighted by Crippen LogP contribution is 2.19. The number of halogens is 1. The molecule has 3 aromatic rings. The van der Waals surface area contributed by atoms with E-state index in [0.717, 1.165) is 0 Å².